The Balaban J connectivity index is 2.02. The van der Waals surface area contributed by atoms with Crippen LogP contribution in [0.5, 0.6) is 5.75 Å². The number of ether oxygens (including phenoxy) is 1. The molecule has 1 N–H and O–H groups in total. The molecule has 0 fully saturated rings. The first-order valence-electron chi connectivity index (χ1n) is 5.28. The second-order valence-corrected chi connectivity index (χ2v) is 3.55. The van der Waals surface area contributed by atoms with Crippen LogP contribution in [0.4, 0.5) is 5.69 Å². The lowest BCUT2D eigenvalue weighted by Gasteiger charge is -2.04. The third-order valence-corrected chi connectivity index (χ3v) is 2.12. The van der Waals surface area contributed by atoms with E-state index in [2.05, 4.69) is 5.32 Å². The lowest BCUT2D eigenvalue weighted by atomic mass is 10.3. The Morgan fingerprint density at radius 2 is 1.89 bits per heavy atom. The molecule has 18 heavy (non-hydrogen) atoms. The molecule has 0 unspecified atom stereocenters. The van der Waals surface area contributed by atoms with Crippen molar-refractivity contribution in [3.8, 4) is 5.75 Å². The standard InChI is InChI=1S/C13H11NO4/c1-9(15)18-11-6-4-10(5-7-11)14-13(16)12-3-2-8-17-12/h2-8H,1H3,(H,14,16). The molecule has 2 rings (SSSR count). The average Bonchev–Trinajstić information content (AvgIpc) is 2.84. The first-order chi connectivity index (χ1) is 8.65. The number of esters is 1. The van der Waals surface area contributed by atoms with Gasteiger partial charge in [0.05, 0.1) is 6.26 Å². The van der Waals surface area contributed by atoms with Crippen molar-refractivity contribution < 1.29 is 18.7 Å². The lowest BCUT2D eigenvalue weighted by Crippen LogP contribution is -2.10. The number of hydrogen-bond acceptors (Lipinski definition) is 4. The van der Waals surface area contributed by atoms with Gasteiger partial charge < -0.3 is 14.5 Å². The summed E-state index contributed by atoms with van der Waals surface area (Å²) < 4.78 is 9.84. The average molecular weight is 245 g/mol. The van der Waals surface area contributed by atoms with Crippen molar-refractivity contribution in [3.63, 3.8) is 0 Å². The topological polar surface area (TPSA) is 68.5 Å². The van der Waals surface area contributed by atoms with Gasteiger partial charge in [-0.15, -0.1) is 0 Å². The van der Waals surface area contributed by atoms with E-state index in [1.54, 1.807) is 36.4 Å². The number of hydrogen-bond donors (Lipinski definition) is 1. The number of benzene rings is 1. The Hall–Kier alpha value is -2.56. The normalized spacial score (nSPS) is 9.83. The molecule has 0 aliphatic heterocycles. The van der Waals surface area contributed by atoms with Gasteiger partial charge in [-0.3, -0.25) is 9.59 Å². The van der Waals surface area contributed by atoms with Crippen LogP contribution in [0, 0.1) is 0 Å². The SMILES string of the molecule is CC(=O)Oc1ccc(NC(=O)c2ccco2)cc1. The minimum Gasteiger partial charge on any atom is -0.459 e. The van der Waals surface area contributed by atoms with E-state index in [9.17, 15) is 9.59 Å². The van der Waals surface area contributed by atoms with Crippen molar-refractivity contribution in [1.29, 1.82) is 0 Å². The molecule has 0 spiro atoms. The van der Waals surface area contributed by atoms with Gasteiger partial charge in [0.15, 0.2) is 5.76 Å². The molecule has 0 aliphatic carbocycles. The molecule has 5 nitrogen and oxygen atoms in total. The lowest BCUT2D eigenvalue weighted by molar-refractivity contribution is -0.131. The fourth-order valence-corrected chi connectivity index (χ4v) is 1.37. The van der Waals surface area contributed by atoms with E-state index in [1.165, 1.54) is 13.2 Å². The van der Waals surface area contributed by atoms with Crippen LogP contribution in [0.2, 0.25) is 0 Å². The van der Waals surface area contributed by atoms with Gasteiger partial charge in [-0.1, -0.05) is 0 Å². The molecule has 1 heterocycles. The minimum absolute atomic E-state index is 0.235. The quantitative estimate of drug-likeness (QED) is 0.666. The van der Waals surface area contributed by atoms with Gasteiger partial charge in [-0.25, -0.2) is 0 Å². The van der Waals surface area contributed by atoms with Crippen LogP contribution in [0.1, 0.15) is 17.5 Å². The predicted molar refractivity (Wildman–Crippen MR) is 64.4 cm³/mol. The van der Waals surface area contributed by atoms with Crippen molar-refractivity contribution in [2.75, 3.05) is 5.32 Å². The second kappa shape index (κ2) is 5.18. The number of carbonyl (C=O) groups is 2. The van der Waals surface area contributed by atoms with Crippen LogP contribution < -0.4 is 10.1 Å². The number of furan rings is 1. The molecule has 5 heteroatoms. The minimum atomic E-state index is -0.387. The smallest absolute Gasteiger partial charge is 0.308 e. The number of rotatable bonds is 3. The van der Waals surface area contributed by atoms with Gasteiger partial charge in [-0.2, -0.15) is 0 Å². The van der Waals surface area contributed by atoms with E-state index in [0.717, 1.165) is 0 Å². The molecule has 1 amide bonds. The zero-order chi connectivity index (χ0) is 13.0. The molecule has 1 aromatic carbocycles. The highest BCUT2D eigenvalue weighted by Crippen LogP contribution is 2.16. The molecule has 1 aromatic heterocycles. The van der Waals surface area contributed by atoms with E-state index in [-0.39, 0.29) is 17.6 Å². The summed E-state index contributed by atoms with van der Waals surface area (Å²) in [6.45, 7) is 1.33. The molecular formula is C13H11NO4. The van der Waals surface area contributed by atoms with E-state index >= 15 is 0 Å². The molecule has 0 saturated heterocycles. The highest BCUT2D eigenvalue weighted by Gasteiger charge is 2.08. The Labute approximate surface area is 103 Å². The zero-order valence-electron chi connectivity index (χ0n) is 9.67. The Bertz CT molecular complexity index is 543. The Kier molecular flexibility index (Phi) is 3.43. The van der Waals surface area contributed by atoms with Crippen LogP contribution in [-0.2, 0) is 4.79 Å². The van der Waals surface area contributed by atoms with Gasteiger partial charge in [0.25, 0.3) is 5.91 Å². The van der Waals surface area contributed by atoms with Crippen molar-refractivity contribution in [2.45, 2.75) is 6.92 Å². The van der Waals surface area contributed by atoms with Crippen molar-refractivity contribution >= 4 is 17.6 Å². The van der Waals surface area contributed by atoms with Gasteiger partial charge in [0.2, 0.25) is 0 Å². The monoisotopic (exact) mass is 245 g/mol. The predicted octanol–water partition coefficient (Wildman–Crippen LogP) is 2.46. The fraction of sp³-hybridized carbons (Fsp3) is 0.0769. The third-order valence-electron chi connectivity index (χ3n) is 2.12. The number of anilines is 1. The summed E-state index contributed by atoms with van der Waals surface area (Å²) in [5, 5.41) is 2.65. The van der Waals surface area contributed by atoms with E-state index in [0.29, 0.717) is 11.4 Å². The van der Waals surface area contributed by atoms with E-state index in [1.807, 2.05) is 0 Å². The van der Waals surface area contributed by atoms with Gasteiger partial charge >= 0.3 is 5.97 Å². The first-order valence-corrected chi connectivity index (χ1v) is 5.28. The van der Waals surface area contributed by atoms with Gasteiger partial charge in [0, 0.05) is 12.6 Å². The molecular weight excluding hydrogens is 234 g/mol. The third kappa shape index (κ3) is 2.98. The largest absolute Gasteiger partial charge is 0.459 e. The maximum atomic E-state index is 11.6. The van der Waals surface area contributed by atoms with Crippen LogP contribution in [0.15, 0.2) is 47.1 Å². The zero-order valence-corrected chi connectivity index (χ0v) is 9.67. The van der Waals surface area contributed by atoms with Crippen molar-refractivity contribution in [1.82, 2.24) is 0 Å². The summed E-state index contributed by atoms with van der Waals surface area (Å²) in [7, 11) is 0. The first kappa shape index (κ1) is 11.9. The number of carbonyl (C=O) groups excluding carboxylic acids is 2. The number of amides is 1. The van der Waals surface area contributed by atoms with E-state index in [4.69, 9.17) is 9.15 Å². The summed E-state index contributed by atoms with van der Waals surface area (Å²) in [4.78, 5) is 22.4. The maximum absolute atomic E-state index is 11.6. The second-order valence-electron chi connectivity index (χ2n) is 3.55. The Morgan fingerprint density at radius 1 is 1.17 bits per heavy atom. The molecule has 0 saturated carbocycles. The highest BCUT2D eigenvalue weighted by molar-refractivity contribution is 6.02. The molecule has 92 valence electrons. The Morgan fingerprint density at radius 3 is 2.44 bits per heavy atom. The van der Waals surface area contributed by atoms with Crippen LogP contribution in [0.3, 0.4) is 0 Å². The summed E-state index contributed by atoms with van der Waals surface area (Å²) in [5.41, 5.74) is 0.590. The van der Waals surface area contributed by atoms with Crippen molar-refractivity contribution in [3.05, 3.63) is 48.4 Å². The maximum Gasteiger partial charge on any atom is 0.308 e. The summed E-state index contributed by atoms with van der Waals surface area (Å²) in [6.07, 6.45) is 1.43. The highest BCUT2D eigenvalue weighted by atomic mass is 16.5. The van der Waals surface area contributed by atoms with Crippen LogP contribution >= 0.6 is 0 Å². The van der Waals surface area contributed by atoms with E-state index < -0.39 is 0 Å². The van der Waals surface area contributed by atoms with Crippen molar-refractivity contribution in [2.24, 2.45) is 0 Å². The molecule has 0 radical (unpaired) electrons. The number of nitrogens with one attached hydrogen (secondary N) is 1. The van der Waals surface area contributed by atoms with Crippen LogP contribution in [-0.4, -0.2) is 11.9 Å². The molecule has 0 atom stereocenters. The molecule has 0 bridgehead atoms. The van der Waals surface area contributed by atoms with Crippen LogP contribution in [0.25, 0.3) is 0 Å². The molecule has 2 aromatic rings. The summed E-state index contributed by atoms with van der Waals surface area (Å²) >= 11 is 0. The molecule has 0 aliphatic rings. The fourth-order valence-electron chi connectivity index (χ4n) is 1.37. The van der Waals surface area contributed by atoms with Gasteiger partial charge in [-0.05, 0) is 36.4 Å². The summed E-state index contributed by atoms with van der Waals surface area (Å²) in [5.74, 6) is -0.0554. The summed E-state index contributed by atoms with van der Waals surface area (Å²) in [6, 6.07) is 9.68. The van der Waals surface area contributed by atoms with Gasteiger partial charge in [0.1, 0.15) is 5.75 Å².